The predicted molar refractivity (Wildman–Crippen MR) is 90.8 cm³/mol. The number of hydrogen-bond donors (Lipinski definition) is 1. The van der Waals surface area contributed by atoms with Crippen LogP contribution >= 0.6 is 34.5 Å². The number of halogens is 2. The lowest BCUT2D eigenvalue weighted by Crippen LogP contribution is -2.33. The van der Waals surface area contributed by atoms with Crippen molar-refractivity contribution in [3.63, 3.8) is 0 Å². The third-order valence-corrected chi connectivity index (χ3v) is 5.55. The van der Waals surface area contributed by atoms with Gasteiger partial charge in [-0.3, -0.25) is 4.79 Å². The van der Waals surface area contributed by atoms with Crippen LogP contribution in [0.5, 0.6) is 0 Å². The zero-order chi connectivity index (χ0) is 15.7. The molecule has 1 heterocycles. The molecule has 0 radical (unpaired) electrons. The van der Waals surface area contributed by atoms with Gasteiger partial charge in [0, 0.05) is 14.9 Å². The fourth-order valence-electron chi connectivity index (χ4n) is 2.85. The van der Waals surface area contributed by atoms with E-state index < -0.39 is 0 Å². The van der Waals surface area contributed by atoms with Crippen LogP contribution in [0.1, 0.15) is 47.9 Å². The lowest BCUT2D eigenvalue weighted by molar-refractivity contribution is -0.123. The van der Waals surface area contributed by atoms with Crippen LogP contribution < -0.4 is 5.32 Å². The highest BCUT2D eigenvalue weighted by Gasteiger charge is 2.29. The largest absolute Gasteiger partial charge is 0.349 e. The van der Waals surface area contributed by atoms with E-state index in [1.54, 1.807) is 23.5 Å². The van der Waals surface area contributed by atoms with Gasteiger partial charge in [-0.2, -0.15) is 0 Å². The third-order valence-electron chi connectivity index (χ3n) is 4.00. The summed E-state index contributed by atoms with van der Waals surface area (Å²) in [6.07, 6.45) is 2.86. The first-order chi connectivity index (χ1) is 10.6. The highest BCUT2D eigenvalue weighted by atomic mass is 35.5. The first-order valence-electron chi connectivity index (χ1n) is 7.24. The van der Waals surface area contributed by atoms with Gasteiger partial charge < -0.3 is 5.32 Å². The van der Waals surface area contributed by atoms with Crippen molar-refractivity contribution in [3.05, 3.63) is 49.9 Å². The SMILES string of the molecule is C[C@@H](NC(=O)C1CCCc2ncsc21)c1ccc(Cl)cc1Cl. The van der Waals surface area contributed by atoms with Crippen LogP contribution in [-0.4, -0.2) is 10.9 Å². The lowest BCUT2D eigenvalue weighted by Gasteiger charge is -2.23. The Balaban J connectivity index is 1.75. The number of aromatic nitrogens is 1. The fourth-order valence-corrected chi connectivity index (χ4v) is 4.39. The first-order valence-corrected chi connectivity index (χ1v) is 8.87. The molecule has 1 amide bonds. The number of amides is 1. The summed E-state index contributed by atoms with van der Waals surface area (Å²) in [6, 6.07) is 5.18. The third kappa shape index (κ3) is 3.14. The van der Waals surface area contributed by atoms with E-state index in [2.05, 4.69) is 10.3 Å². The minimum atomic E-state index is -0.157. The number of rotatable bonds is 3. The van der Waals surface area contributed by atoms with Crippen molar-refractivity contribution in [2.45, 2.75) is 38.1 Å². The minimum absolute atomic E-state index is 0.0451. The van der Waals surface area contributed by atoms with Crippen LogP contribution in [0.3, 0.4) is 0 Å². The van der Waals surface area contributed by atoms with Crippen LogP contribution in [0.2, 0.25) is 10.0 Å². The Kier molecular flexibility index (Phi) is 4.71. The molecule has 3 rings (SSSR count). The second-order valence-electron chi connectivity index (χ2n) is 5.50. The molecule has 116 valence electrons. The average molecular weight is 355 g/mol. The molecule has 1 N–H and O–H groups in total. The Morgan fingerprint density at radius 1 is 1.45 bits per heavy atom. The summed E-state index contributed by atoms with van der Waals surface area (Å²) in [5, 5.41) is 4.23. The standard InChI is InChI=1S/C16H16Cl2N2OS/c1-9(11-6-5-10(17)7-13(11)18)20-16(21)12-3-2-4-14-15(12)22-8-19-14/h5-9,12H,2-4H2,1H3,(H,20,21)/t9-,12?/m1/s1. The number of fused-ring (bicyclic) bond motifs is 1. The van der Waals surface area contributed by atoms with Gasteiger partial charge in [-0.25, -0.2) is 4.98 Å². The van der Waals surface area contributed by atoms with Gasteiger partial charge in [0.1, 0.15) is 0 Å². The molecule has 2 aromatic rings. The number of nitrogens with one attached hydrogen (secondary N) is 1. The molecular weight excluding hydrogens is 339 g/mol. The predicted octanol–water partition coefficient (Wildman–Crippen LogP) is 4.75. The number of nitrogens with zero attached hydrogens (tertiary/aromatic N) is 1. The van der Waals surface area contributed by atoms with Crippen molar-refractivity contribution in [2.75, 3.05) is 0 Å². The van der Waals surface area contributed by atoms with Crippen molar-refractivity contribution in [1.82, 2.24) is 10.3 Å². The number of benzene rings is 1. The number of carbonyl (C=O) groups excluding carboxylic acids is 1. The van der Waals surface area contributed by atoms with Gasteiger partial charge in [-0.05, 0) is 43.9 Å². The van der Waals surface area contributed by atoms with Crippen molar-refractivity contribution < 1.29 is 4.79 Å². The first kappa shape index (κ1) is 15.8. The van der Waals surface area contributed by atoms with Crippen LogP contribution in [-0.2, 0) is 11.2 Å². The van der Waals surface area contributed by atoms with E-state index in [4.69, 9.17) is 23.2 Å². The molecule has 0 spiro atoms. The van der Waals surface area contributed by atoms with E-state index in [0.717, 1.165) is 35.4 Å². The molecule has 6 heteroatoms. The molecule has 3 nitrogen and oxygen atoms in total. The Labute approximate surface area is 143 Å². The number of thiazole rings is 1. The molecule has 0 aliphatic heterocycles. The quantitative estimate of drug-likeness (QED) is 0.864. The monoisotopic (exact) mass is 354 g/mol. The molecule has 22 heavy (non-hydrogen) atoms. The summed E-state index contributed by atoms with van der Waals surface area (Å²) < 4.78 is 0. The smallest absolute Gasteiger partial charge is 0.228 e. The maximum absolute atomic E-state index is 12.6. The van der Waals surface area contributed by atoms with Gasteiger partial charge >= 0.3 is 0 Å². The number of hydrogen-bond acceptors (Lipinski definition) is 3. The van der Waals surface area contributed by atoms with Crippen molar-refractivity contribution in [2.24, 2.45) is 0 Å². The Morgan fingerprint density at radius 3 is 3.05 bits per heavy atom. The number of aryl methyl sites for hydroxylation is 1. The second kappa shape index (κ2) is 6.57. The maximum Gasteiger partial charge on any atom is 0.228 e. The summed E-state index contributed by atoms with van der Waals surface area (Å²) in [5.41, 5.74) is 3.78. The summed E-state index contributed by atoms with van der Waals surface area (Å²) >= 11 is 13.7. The second-order valence-corrected chi connectivity index (χ2v) is 7.23. The molecule has 1 aromatic carbocycles. The Hall–Kier alpha value is -1.10. The fraction of sp³-hybridized carbons (Fsp3) is 0.375. The van der Waals surface area contributed by atoms with Gasteiger partial charge in [0.15, 0.2) is 0 Å². The average Bonchev–Trinajstić information content (AvgIpc) is 2.95. The molecule has 0 saturated heterocycles. The van der Waals surface area contributed by atoms with E-state index in [1.165, 1.54) is 0 Å². The topological polar surface area (TPSA) is 42.0 Å². The molecule has 0 saturated carbocycles. The summed E-state index contributed by atoms with van der Waals surface area (Å²) in [5.74, 6) is -0.0477. The highest BCUT2D eigenvalue weighted by Crippen LogP contribution is 2.35. The molecule has 2 atom stereocenters. The van der Waals surface area contributed by atoms with Crippen LogP contribution in [0.15, 0.2) is 23.7 Å². The van der Waals surface area contributed by atoms with Gasteiger partial charge in [-0.15, -0.1) is 11.3 Å². The molecule has 1 unspecified atom stereocenters. The molecule has 0 bridgehead atoms. The van der Waals surface area contributed by atoms with Crippen molar-refractivity contribution in [3.8, 4) is 0 Å². The maximum atomic E-state index is 12.6. The molecule has 0 fully saturated rings. The minimum Gasteiger partial charge on any atom is -0.349 e. The molecule has 1 aromatic heterocycles. The number of carbonyl (C=O) groups is 1. The molecule has 1 aliphatic rings. The highest BCUT2D eigenvalue weighted by molar-refractivity contribution is 7.10. The van der Waals surface area contributed by atoms with Gasteiger partial charge in [0.2, 0.25) is 5.91 Å². The molecule has 1 aliphatic carbocycles. The normalized spacial score (nSPS) is 18.6. The van der Waals surface area contributed by atoms with Crippen LogP contribution in [0, 0.1) is 0 Å². The zero-order valence-corrected chi connectivity index (χ0v) is 14.4. The summed E-state index contributed by atoms with van der Waals surface area (Å²) in [4.78, 5) is 18.1. The molecular formula is C16H16Cl2N2OS. The van der Waals surface area contributed by atoms with E-state index in [1.807, 2.05) is 18.5 Å². The lowest BCUT2D eigenvalue weighted by atomic mass is 9.90. The van der Waals surface area contributed by atoms with Gasteiger partial charge in [0.25, 0.3) is 0 Å². The van der Waals surface area contributed by atoms with Gasteiger partial charge in [-0.1, -0.05) is 29.3 Å². The van der Waals surface area contributed by atoms with E-state index >= 15 is 0 Å². The Morgan fingerprint density at radius 2 is 2.27 bits per heavy atom. The van der Waals surface area contributed by atoms with Crippen molar-refractivity contribution >= 4 is 40.4 Å². The van der Waals surface area contributed by atoms with E-state index in [-0.39, 0.29) is 17.9 Å². The van der Waals surface area contributed by atoms with E-state index in [0.29, 0.717) is 10.0 Å². The van der Waals surface area contributed by atoms with Gasteiger partial charge in [0.05, 0.1) is 23.2 Å². The van der Waals surface area contributed by atoms with Crippen molar-refractivity contribution in [1.29, 1.82) is 0 Å². The Bertz CT molecular complexity index is 701. The van der Waals surface area contributed by atoms with E-state index in [9.17, 15) is 4.79 Å². The van der Waals surface area contributed by atoms with Crippen LogP contribution in [0.25, 0.3) is 0 Å². The summed E-state index contributed by atoms with van der Waals surface area (Å²) in [7, 11) is 0. The zero-order valence-electron chi connectivity index (χ0n) is 12.1. The van der Waals surface area contributed by atoms with Crippen LogP contribution in [0.4, 0.5) is 0 Å². The summed E-state index contributed by atoms with van der Waals surface area (Å²) in [6.45, 7) is 1.93.